The maximum atomic E-state index is 13.4. The topological polar surface area (TPSA) is 105 Å². The van der Waals surface area contributed by atoms with Gasteiger partial charge in [-0.25, -0.2) is 13.9 Å². The molecule has 5 rings (SSSR count). The Morgan fingerprint density at radius 2 is 1.81 bits per heavy atom. The zero-order chi connectivity index (χ0) is 26.2. The molecule has 1 aliphatic heterocycles. The molecule has 1 saturated heterocycles. The number of hydrogen-bond donors (Lipinski definition) is 3. The first-order valence-corrected chi connectivity index (χ1v) is 11.7. The highest BCUT2D eigenvalue weighted by Gasteiger charge is 2.43. The number of imide groups is 1. The van der Waals surface area contributed by atoms with Crippen LogP contribution in [-0.4, -0.2) is 27.6 Å². The van der Waals surface area contributed by atoms with E-state index < -0.39 is 17.5 Å². The lowest BCUT2D eigenvalue weighted by Gasteiger charge is -2.21. The number of aromatic nitrogens is 2. The maximum absolute atomic E-state index is 13.4. The Hall–Kier alpha value is -4.79. The number of hydrogen-bond acceptors (Lipinski definition) is 4. The second kappa shape index (κ2) is 9.34. The van der Waals surface area contributed by atoms with Crippen LogP contribution in [0.4, 0.5) is 9.18 Å². The molecule has 4 amide bonds. The summed E-state index contributed by atoms with van der Waals surface area (Å²) in [5.74, 6) is -1.14. The summed E-state index contributed by atoms with van der Waals surface area (Å²) in [4.78, 5) is 37.3. The first kappa shape index (κ1) is 23.9. The maximum Gasteiger partial charge on any atom is 0.322 e. The lowest BCUT2D eigenvalue weighted by molar-refractivity contribution is -0.123. The highest BCUT2D eigenvalue weighted by molar-refractivity contribution is 6.07. The van der Waals surface area contributed by atoms with Crippen LogP contribution in [0, 0.1) is 12.7 Å². The first-order chi connectivity index (χ1) is 17.7. The SMILES string of the molecule is Cc1cccc(-c2nn(-c3ccc(F)cc3)cc2C(=O)NCc2cccc(C3(C)NC(=O)NC3=O)c2)c1. The number of benzene rings is 3. The number of rotatable bonds is 6. The van der Waals surface area contributed by atoms with E-state index in [0.717, 1.165) is 16.7 Å². The number of halogens is 1. The average Bonchev–Trinajstić information content (AvgIpc) is 3.44. The van der Waals surface area contributed by atoms with Gasteiger partial charge < -0.3 is 10.6 Å². The minimum Gasteiger partial charge on any atom is -0.348 e. The van der Waals surface area contributed by atoms with Crippen LogP contribution in [0.5, 0.6) is 0 Å². The molecule has 3 N–H and O–H groups in total. The summed E-state index contributed by atoms with van der Waals surface area (Å²) >= 11 is 0. The Morgan fingerprint density at radius 3 is 2.51 bits per heavy atom. The molecule has 0 bridgehead atoms. The van der Waals surface area contributed by atoms with Gasteiger partial charge in [-0.3, -0.25) is 14.9 Å². The Labute approximate surface area is 212 Å². The number of amides is 4. The molecule has 1 unspecified atom stereocenters. The minimum atomic E-state index is -1.19. The highest BCUT2D eigenvalue weighted by Crippen LogP contribution is 2.26. The molecular formula is C28H24FN5O3. The Balaban J connectivity index is 1.42. The summed E-state index contributed by atoms with van der Waals surface area (Å²) in [5.41, 5.74) is 3.45. The molecule has 9 heteroatoms. The Kier molecular flexibility index (Phi) is 6.04. The zero-order valence-electron chi connectivity index (χ0n) is 20.2. The molecule has 3 aromatic carbocycles. The monoisotopic (exact) mass is 497 g/mol. The fourth-order valence-corrected chi connectivity index (χ4v) is 4.29. The van der Waals surface area contributed by atoms with E-state index in [-0.39, 0.29) is 18.3 Å². The summed E-state index contributed by atoms with van der Waals surface area (Å²) in [6.45, 7) is 3.77. The van der Waals surface area contributed by atoms with Crippen LogP contribution in [0.25, 0.3) is 16.9 Å². The lowest BCUT2D eigenvalue weighted by Crippen LogP contribution is -2.40. The standard InChI is InChI=1S/C28H24FN5O3/c1-17-5-3-7-19(13-17)24-23(16-34(33-24)22-11-9-21(29)10-12-22)25(35)30-15-18-6-4-8-20(14-18)28(2)26(36)31-27(37)32-28/h3-14,16H,15H2,1-2H3,(H,30,35)(H2,31,32,36,37). The van der Waals surface area contributed by atoms with E-state index in [1.807, 2.05) is 37.3 Å². The minimum absolute atomic E-state index is 0.188. The molecule has 1 fully saturated rings. The summed E-state index contributed by atoms with van der Waals surface area (Å²) in [7, 11) is 0. The third-order valence-corrected chi connectivity index (χ3v) is 6.34. The van der Waals surface area contributed by atoms with Crippen molar-refractivity contribution in [1.82, 2.24) is 25.7 Å². The molecule has 0 spiro atoms. The van der Waals surface area contributed by atoms with Crippen molar-refractivity contribution in [2.45, 2.75) is 25.9 Å². The quantitative estimate of drug-likeness (QED) is 0.351. The summed E-state index contributed by atoms with van der Waals surface area (Å²) in [6, 6.07) is 20.1. The van der Waals surface area contributed by atoms with Crippen LogP contribution in [-0.2, 0) is 16.9 Å². The number of urea groups is 1. The Bertz CT molecular complexity index is 1530. The number of carbonyl (C=O) groups is 3. The third-order valence-electron chi connectivity index (χ3n) is 6.34. The van der Waals surface area contributed by atoms with E-state index in [1.54, 1.807) is 48.1 Å². The average molecular weight is 498 g/mol. The predicted octanol–water partition coefficient (Wildman–Crippen LogP) is 3.97. The van der Waals surface area contributed by atoms with E-state index in [2.05, 4.69) is 21.0 Å². The van der Waals surface area contributed by atoms with Gasteiger partial charge in [0.2, 0.25) is 0 Å². The number of nitrogens with one attached hydrogen (secondary N) is 3. The molecule has 2 heterocycles. The normalized spacial score (nSPS) is 16.8. The van der Waals surface area contributed by atoms with Crippen molar-refractivity contribution in [3.05, 3.63) is 107 Å². The fraction of sp³-hybridized carbons (Fsp3) is 0.143. The number of aryl methyl sites for hydroxylation is 1. The van der Waals surface area contributed by atoms with E-state index in [0.29, 0.717) is 22.5 Å². The highest BCUT2D eigenvalue weighted by atomic mass is 19.1. The van der Waals surface area contributed by atoms with Gasteiger partial charge in [-0.2, -0.15) is 5.10 Å². The summed E-state index contributed by atoms with van der Waals surface area (Å²) < 4.78 is 15.0. The zero-order valence-corrected chi connectivity index (χ0v) is 20.2. The predicted molar refractivity (Wildman–Crippen MR) is 135 cm³/mol. The van der Waals surface area contributed by atoms with E-state index in [1.165, 1.54) is 12.1 Å². The van der Waals surface area contributed by atoms with Gasteiger partial charge in [0, 0.05) is 18.3 Å². The van der Waals surface area contributed by atoms with Gasteiger partial charge >= 0.3 is 6.03 Å². The Morgan fingerprint density at radius 1 is 1.05 bits per heavy atom. The molecule has 0 saturated carbocycles. The lowest BCUT2D eigenvalue weighted by atomic mass is 9.91. The second-order valence-electron chi connectivity index (χ2n) is 9.10. The van der Waals surface area contributed by atoms with Crippen molar-refractivity contribution in [3.63, 3.8) is 0 Å². The van der Waals surface area contributed by atoms with Gasteiger partial charge in [-0.05, 0) is 55.3 Å². The molecule has 37 heavy (non-hydrogen) atoms. The van der Waals surface area contributed by atoms with Gasteiger partial charge in [-0.15, -0.1) is 0 Å². The van der Waals surface area contributed by atoms with Crippen molar-refractivity contribution in [3.8, 4) is 16.9 Å². The molecule has 8 nitrogen and oxygen atoms in total. The van der Waals surface area contributed by atoms with Gasteiger partial charge in [0.15, 0.2) is 0 Å². The van der Waals surface area contributed by atoms with Crippen molar-refractivity contribution in [1.29, 1.82) is 0 Å². The molecular weight excluding hydrogens is 473 g/mol. The molecule has 1 atom stereocenters. The van der Waals surface area contributed by atoms with Crippen molar-refractivity contribution < 1.29 is 18.8 Å². The molecule has 0 radical (unpaired) electrons. The van der Waals surface area contributed by atoms with Crippen LogP contribution in [0.1, 0.15) is 34.0 Å². The molecule has 1 aliphatic rings. The summed E-state index contributed by atoms with van der Waals surface area (Å²) in [6.07, 6.45) is 1.62. The largest absolute Gasteiger partial charge is 0.348 e. The van der Waals surface area contributed by atoms with Crippen LogP contribution in [0.3, 0.4) is 0 Å². The first-order valence-electron chi connectivity index (χ1n) is 11.7. The third kappa shape index (κ3) is 4.71. The summed E-state index contributed by atoms with van der Waals surface area (Å²) in [5, 5.41) is 12.5. The van der Waals surface area contributed by atoms with Gasteiger partial charge in [0.05, 0.1) is 11.3 Å². The molecule has 186 valence electrons. The smallest absolute Gasteiger partial charge is 0.322 e. The van der Waals surface area contributed by atoms with Crippen LogP contribution in [0.15, 0.2) is 79.0 Å². The molecule has 4 aromatic rings. The molecule has 0 aliphatic carbocycles. The molecule has 1 aromatic heterocycles. The fourth-order valence-electron chi connectivity index (χ4n) is 4.29. The van der Waals surface area contributed by atoms with Crippen LogP contribution >= 0.6 is 0 Å². The van der Waals surface area contributed by atoms with Crippen molar-refractivity contribution in [2.24, 2.45) is 0 Å². The van der Waals surface area contributed by atoms with Gasteiger partial charge in [0.1, 0.15) is 17.1 Å². The van der Waals surface area contributed by atoms with Crippen molar-refractivity contribution >= 4 is 17.8 Å². The van der Waals surface area contributed by atoms with Crippen LogP contribution in [0.2, 0.25) is 0 Å². The van der Waals surface area contributed by atoms with E-state index in [4.69, 9.17) is 0 Å². The second-order valence-corrected chi connectivity index (χ2v) is 9.10. The van der Waals surface area contributed by atoms with Crippen LogP contribution < -0.4 is 16.0 Å². The number of nitrogens with zero attached hydrogens (tertiary/aromatic N) is 2. The van der Waals surface area contributed by atoms with E-state index >= 15 is 0 Å². The van der Waals surface area contributed by atoms with Gasteiger partial charge in [0.25, 0.3) is 11.8 Å². The van der Waals surface area contributed by atoms with Crippen molar-refractivity contribution in [2.75, 3.05) is 0 Å². The van der Waals surface area contributed by atoms with E-state index in [9.17, 15) is 18.8 Å². The number of carbonyl (C=O) groups excluding carboxylic acids is 3. The van der Waals surface area contributed by atoms with Gasteiger partial charge in [-0.1, -0.05) is 48.0 Å².